The molecule has 6 rings (SSSR count). The van der Waals surface area contributed by atoms with Crippen molar-refractivity contribution < 1.29 is 14.7 Å². The number of rotatable bonds is 6. The van der Waals surface area contributed by atoms with Crippen molar-refractivity contribution in [2.24, 2.45) is 0 Å². The highest BCUT2D eigenvalue weighted by atomic mass is 35.5. The number of likely N-dealkylation sites (tertiary alicyclic amines) is 1. The highest BCUT2D eigenvalue weighted by Crippen LogP contribution is 2.48. The number of halogens is 1. The van der Waals surface area contributed by atoms with E-state index in [1.165, 1.54) is 0 Å². The van der Waals surface area contributed by atoms with E-state index < -0.39 is 5.41 Å². The maximum Gasteiger partial charge on any atom is 0.317 e. The number of aliphatic hydroxyl groups is 1. The second-order valence-corrected chi connectivity index (χ2v) is 10.8. The zero-order chi connectivity index (χ0) is 25.7. The molecule has 37 heavy (non-hydrogen) atoms. The monoisotopic (exact) mass is 517 g/mol. The summed E-state index contributed by atoms with van der Waals surface area (Å²) in [5.41, 5.74) is 3.10. The number of aryl methyl sites for hydroxylation is 1. The number of nitriles is 1. The van der Waals surface area contributed by atoms with Crippen molar-refractivity contribution >= 4 is 40.1 Å². The van der Waals surface area contributed by atoms with Gasteiger partial charge in [-0.15, -0.1) is 0 Å². The molecule has 2 aromatic carbocycles. The second kappa shape index (κ2) is 9.09. The predicted octanol–water partition coefficient (Wildman–Crippen LogP) is 3.93. The van der Waals surface area contributed by atoms with E-state index in [0.29, 0.717) is 56.9 Å². The Bertz CT molecular complexity index is 1430. The van der Waals surface area contributed by atoms with Crippen LogP contribution in [0.25, 0.3) is 10.9 Å². The Labute approximate surface area is 220 Å². The third-order valence-corrected chi connectivity index (χ3v) is 8.19. The van der Waals surface area contributed by atoms with Gasteiger partial charge in [0.05, 0.1) is 18.7 Å². The lowest BCUT2D eigenvalue weighted by Crippen LogP contribution is -2.67. The lowest BCUT2D eigenvalue weighted by Gasteiger charge is -2.47. The average molecular weight is 518 g/mol. The zero-order valence-electron chi connectivity index (χ0n) is 20.4. The summed E-state index contributed by atoms with van der Waals surface area (Å²) in [4.78, 5) is 30.2. The number of carbonyl (C=O) groups is 2. The van der Waals surface area contributed by atoms with Crippen molar-refractivity contribution in [2.75, 3.05) is 18.0 Å². The number of aromatic nitrogens is 1. The van der Waals surface area contributed by atoms with Crippen LogP contribution >= 0.6 is 11.6 Å². The molecule has 0 unspecified atom stereocenters. The first-order chi connectivity index (χ1) is 17.9. The van der Waals surface area contributed by atoms with Gasteiger partial charge in [0.1, 0.15) is 5.41 Å². The number of hydrogen-bond donors (Lipinski definition) is 2. The summed E-state index contributed by atoms with van der Waals surface area (Å²) < 4.78 is 2.18. The van der Waals surface area contributed by atoms with Gasteiger partial charge >= 0.3 is 6.03 Å². The molecule has 3 aromatic rings. The number of aliphatic hydroxyl groups excluding tert-OH is 1. The lowest BCUT2D eigenvalue weighted by atomic mass is 9.74. The number of nitrogens with zero attached hydrogens (tertiary/aromatic N) is 4. The van der Waals surface area contributed by atoms with Gasteiger partial charge < -0.3 is 24.8 Å². The summed E-state index contributed by atoms with van der Waals surface area (Å²) in [6.07, 6.45) is 1.99. The van der Waals surface area contributed by atoms with Gasteiger partial charge in [-0.05, 0) is 55.2 Å². The van der Waals surface area contributed by atoms with Gasteiger partial charge in [-0.3, -0.25) is 4.79 Å². The Hall–Kier alpha value is -3.54. The maximum absolute atomic E-state index is 14.0. The number of hydrogen-bond acceptors (Lipinski definition) is 4. The molecule has 1 saturated carbocycles. The number of para-hydroxylation sites is 1. The first-order valence-corrected chi connectivity index (χ1v) is 13.1. The Morgan fingerprint density at radius 2 is 1.97 bits per heavy atom. The van der Waals surface area contributed by atoms with E-state index in [4.69, 9.17) is 16.9 Å². The molecule has 2 aliphatic heterocycles. The molecule has 1 saturated heterocycles. The molecule has 0 radical (unpaired) electrons. The maximum atomic E-state index is 14.0. The molecule has 0 bridgehead atoms. The van der Waals surface area contributed by atoms with Gasteiger partial charge in [0.25, 0.3) is 0 Å². The van der Waals surface area contributed by atoms with Crippen molar-refractivity contribution in [1.29, 1.82) is 5.26 Å². The predicted molar refractivity (Wildman–Crippen MR) is 140 cm³/mol. The first kappa shape index (κ1) is 23.8. The molecule has 2 fully saturated rings. The van der Waals surface area contributed by atoms with Crippen LogP contribution in [0.3, 0.4) is 0 Å². The Morgan fingerprint density at radius 3 is 2.73 bits per heavy atom. The number of benzene rings is 2. The molecule has 3 amide bonds. The van der Waals surface area contributed by atoms with Crippen LogP contribution in [0.2, 0.25) is 5.02 Å². The smallest absolute Gasteiger partial charge is 0.317 e. The standard InChI is InChI=1S/C28H28ClN5O3/c29-19-7-8-24-18(11-19)12-21(33(24)10-4-3-9-30)15-34-25-6-2-1-5-23(25)28(26(34)36)16-32(17-28)27(37)31-20-13-22(35)14-20/h1-2,5-8,11-12,20,22,35H,3-4,10,13-17H2,(H,31,37)/t20-,22-. The van der Waals surface area contributed by atoms with E-state index in [1.54, 1.807) is 4.90 Å². The third-order valence-electron chi connectivity index (χ3n) is 7.95. The number of urea groups is 1. The van der Waals surface area contributed by atoms with Gasteiger partial charge in [-0.25, -0.2) is 4.79 Å². The molecule has 1 aliphatic carbocycles. The van der Waals surface area contributed by atoms with Crippen LogP contribution in [0.5, 0.6) is 0 Å². The Morgan fingerprint density at radius 1 is 1.19 bits per heavy atom. The lowest BCUT2D eigenvalue weighted by molar-refractivity contribution is -0.128. The van der Waals surface area contributed by atoms with Crippen LogP contribution in [-0.2, 0) is 23.3 Å². The minimum atomic E-state index is -0.742. The van der Waals surface area contributed by atoms with Crippen LogP contribution < -0.4 is 10.2 Å². The quantitative estimate of drug-likeness (QED) is 0.484. The Kier molecular flexibility index (Phi) is 5.85. The van der Waals surface area contributed by atoms with Crippen molar-refractivity contribution in [3.05, 3.63) is 64.8 Å². The summed E-state index contributed by atoms with van der Waals surface area (Å²) in [6, 6.07) is 17.7. The van der Waals surface area contributed by atoms with Crippen molar-refractivity contribution in [3.63, 3.8) is 0 Å². The van der Waals surface area contributed by atoms with E-state index in [1.807, 2.05) is 47.4 Å². The van der Waals surface area contributed by atoms with Crippen molar-refractivity contribution in [2.45, 2.75) is 56.3 Å². The number of anilines is 1. The summed E-state index contributed by atoms with van der Waals surface area (Å²) in [6.45, 7) is 1.73. The molecule has 3 aliphatic rings. The molecule has 2 N–H and O–H groups in total. The molecule has 190 valence electrons. The number of carbonyl (C=O) groups excluding carboxylic acids is 2. The average Bonchev–Trinajstić information content (AvgIpc) is 3.29. The minimum absolute atomic E-state index is 0.00132. The SMILES string of the molecule is N#CCCCn1c(CN2C(=O)C3(CN(C(=O)N[C@H]4C[C@H](O)C4)C3)c3ccccc32)cc2cc(Cl)ccc21. The fourth-order valence-corrected chi connectivity index (χ4v) is 6.13. The normalized spacial score (nSPS) is 21.5. The summed E-state index contributed by atoms with van der Waals surface area (Å²) in [7, 11) is 0. The number of nitrogens with one attached hydrogen (secondary N) is 1. The van der Waals surface area contributed by atoms with Gasteiger partial charge in [-0.2, -0.15) is 5.26 Å². The first-order valence-electron chi connectivity index (χ1n) is 12.7. The number of amides is 3. The van der Waals surface area contributed by atoms with Crippen LogP contribution in [-0.4, -0.2) is 51.7 Å². The van der Waals surface area contributed by atoms with Crippen LogP contribution in [0, 0.1) is 11.3 Å². The molecule has 1 aromatic heterocycles. The minimum Gasteiger partial charge on any atom is -0.393 e. The van der Waals surface area contributed by atoms with E-state index in [0.717, 1.165) is 27.8 Å². The van der Waals surface area contributed by atoms with Gasteiger partial charge in [-0.1, -0.05) is 29.8 Å². The highest BCUT2D eigenvalue weighted by Gasteiger charge is 2.59. The Balaban J connectivity index is 1.27. The third kappa shape index (κ3) is 3.94. The van der Waals surface area contributed by atoms with Crippen molar-refractivity contribution in [3.8, 4) is 6.07 Å². The van der Waals surface area contributed by atoms with Crippen LogP contribution in [0.15, 0.2) is 48.5 Å². The van der Waals surface area contributed by atoms with Gasteiger partial charge in [0, 0.05) is 59.4 Å². The largest absolute Gasteiger partial charge is 0.393 e. The van der Waals surface area contributed by atoms with E-state index in [2.05, 4.69) is 22.0 Å². The fraction of sp³-hybridized carbons (Fsp3) is 0.393. The molecular formula is C28H28ClN5O3. The number of unbranched alkanes of at least 4 members (excludes halogenated alkanes) is 1. The molecule has 9 heteroatoms. The summed E-state index contributed by atoms with van der Waals surface area (Å²) in [5.74, 6) is 0.00341. The second-order valence-electron chi connectivity index (χ2n) is 10.4. The van der Waals surface area contributed by atoms with Crippen LogP contribution in [0.4, 0.5) is 10.5 Å². The van der Waals surface area contributed by atoms with E-state index in [9.17, 15) is 14.7 Å². The molecule has 0 atom stereocenters. The van der Waals surface area contributed by atoms with E-state index >= 15 is 0 Å². The highest BCUT2D eigenvalue weighted by molar-refractivity contribution is 6.31. The summed E-state index contributed by atoms with van der Waals surface area (Å²) in [5, 5.41) is 23.2. The number of fused-ring (bicyclic) bond motifs is 3. The molecule has 1 spiro atoms. The van der Waals surface area contributed by atoms with Crippen molar-refractivity contribution in [1.82, 2.24) is 14.8 Å². The van der Waals surface area contributed by atoms with E-state index in [-0.39, 0.29) is 24.1 Å². The molecule has 8 nitrogen and oxygen atoms in total. The molecule has 3 heterocycles. The molecular weight excluding hydrogens is 490 g/mol. The van der Waals surface area contributed by atoms with Gasteiger partial charge in [0.2, 0.25) is 5.91 Å². The van der Waals surface area contributed by atoms with Gasteiger partial charge in [0.15, 0.2) is 0 Å². The topological polar surface area (TPSA) is 102 Å². The fourth-order valence-electron chi connectivity index (χ4n) is 5.95. The van der Waals surface area contributed by atoms with Crippen LogP contribution in [0.1, 0.15) is 36.9 Å². The summed E-state index contributed by atoms with van der Waals surface area (Å²) >= 11 is 6.26. The zero-order valence-corrected chi connectivity index (χ0v) is 21.1.